The van der Waals surface area contributed by atoms with E-state index in [9.17, 15) is 14.0 Å². The third kappa shape index (κ3) is 3.58. The lowest BCUT2D eigenvalue weighted by molar-refractivity contribution is -0.122. The highest BCUT2D eigenvalue weighted by molar-refractivity contribution is 6.32. The average Bonchev–Trinajstić information content (AvgIpc) is 2.97. The molecule has 2 amide bonds. The minimum Gasteiger partial charge on any atom is -0.495 e. The van der Waals surface area contributed by atoms with Crippen molar-refractivity contribution in [1.82, 2.24) is 0 Å². The summed E-state index contributed by atoms with van der Waals surface area (Å²) in [6.45, 7) is 0.134. The number of ether oxygens (including phenoxy) is 1. The summed E-state index contributed by atoms with van der Waals surface area (Å²) in [4.78, 5) is 25.9. The number of halogens is 2. The van der Waals surface area contributed by atoms with Gasteiger partial charge in [0.25, 0.3) is 0 Å². The summed E-state index contributed by atoms with van der Waals surface area (Å²) in [5.41, 5.74) is 0.697. The second-order valence-electron chi connectivity index (χ2n) is 5.70. The van der Waals surface area contributed by atoms with Crippen LogP contribution in [0, 0.1) is 11.7 Å². The van der Waals surface area contributed by atoms with Gasteiger partial charge in [-0.3, -0.25) is 9.59 Å². The molecule has 1 saturated heterocycles. The molecule has 0 radical (unpaired) electrons. The molecule has 2 aromatic rings. The average molecular weight is 363 g/mol. The Balaban J connectivity index is 1.71. The lowest BCUT2D eigenvalue weighted by Crippen LogP contribution is -2.28. The van der Waals surface area contributed by atoms with Crippen LogP contribution < -0.4 is 15.0 Å². The van der Waals surface area contributed by atoms with Crippen molar-refractivity contribution in [2.75, 3.05) is 23.9 Å². The molecule has 7 heteroatoms. The van der Waals surface area contributed by atoms with Crippen LogP contribution >= 0.6 is 11.6 Å². The van der Waals surface area contributed by atoms with Crippen LogP contribution in [0.2, 0.25) is 5.02 Å². The molecule has 130 valence electrons. The minimum absolute atomic E-state index is 0.0318. The zero-order valence-electron chi connectivity index (χ0n) is 13.5. The highest BCUT2D eigenvalue weighted by Crippen LogP contribution is 2.30. The fraction of sp³-hybridized carbons (Fsp3) is 0.222. The zero-order chi connectivity index (χ0) is 18.0. The number of methoxy groups -OCH3 is 1. The molecule has 25 heavy (non-hydrogen) atoms. The number of nitrogens with one attached hydrogen (secondary N) is 1. The van der Waals surface area contributed by atoms with Crippen molar-refractivity contribution in [2.24, 2.45) is 5.92 Å². The molecule has 0 bridgehead atoms. The van der Waals surface area contributed by atoms with Gasteiger partial charge in [-0.05, 0) is 30.3 Å². The van der Waals surface area contributed by atoms with Gasteiger partial charge in [0.05, 0.1) is 23.7 Å². The van der Waals surface area contributed by atoms with Gasteiger partial charge in [0, 0.05) is 18.7 Å². The van der Waals surface area contributed by atoms with Gasteiger partial charge in [0.2, 0.25) is 11.8 Å². The number of hydrogen-bond donors (Lipinski definition) is 1. The van der Waals surface area contributed by atoms with Gasteiger partial charge >= 0.3 is 0 Å². The lowest BCUT2D eigenvalue weighted by Gasteiger charge is -2.17. The summed E-state index contributed by atoms with van der Waals surface area (Å²) >= 11 is 6.04. The molecular weight excluding hydrogens is 347 g/mol. The van der Waals surface area contributed by atoms with Crippen LogP contribution in [-0.4, -0.2) is 25.5 Å². The number of rotatable bonds is 4. The van der Waals surface area contributed by atoms with Crippen LogP contribution in [0.5, 0.6) is 5.75 Å². The second kappa shape index (κ2) is 7.11. The maximum atomic E-state index is 13.9. The van der Waals surface area contributed by atoms with Gasteiger partial charge in [-0.25, -0.2) is 4.39 Å². The number of anilines is 2. The maximum Gasteiger partial charge on any atom is 0.229 e. The fourth-order valence-electron chi connectivity index (χ4n) is 2.78. The molecule has 0 aromatic heterocycles. The molecule has 1 aliphatic rings. The zero-order valence-corrected chi connectivity index (χ0v) is 14.2. The Labute approximate surface area is 149 Å². The van der Waals surface area contributed by atoms with Gasteiger partial charge in [-0.1, -0.05) is 23.7 Å². The van der Waals surface area contributed by atoms with Crippen molar-refractivity contribution in [2.45, 2.75) is 6.42 Å². The molecule has 0 spiro atoms. The molecule has 0 saturated carbocycles. The first-order valence-electron chi connectivity index (χ1n) is 7.69. The first-order chi connectivity index (χ1) is 12.0. The Morgan fingerprint density at radius 2 is 2.08 bits per heavy atom. The van der Waals surface area contributed by atoms with Crippen LogP contribution in [0.25, 0.3) is 0 Å². The highest BCUT2D eigenvalue weighted by Gasteiger charge is 2.36. The summed E-state index contributed by atoms with van der Waals surface area (Å²) in [7, 11) is 1.50. The molecule has 2 aromatic carbocycles. The Hall–Kier alpha value is -2.60. The van der Waals surface area contributed by atoms with Crippen molar-refractivity contribution in [3.8, 4) is 5.75 Å². The van der Waals surface area contributed by atoms with E-state index >= 15 is 0 Å². The van der Waals surface area contributed by atoms with Crippen LogP contribution in [0.1, 0.15) is 6.42 Å². The monoisotopic (exact) mass is 362 g/mol. The Kier molecular flexibility index (Phi) is 4.90. The molecule has 3 rings (SSSR count). The van der Waals surface area contributed by atoms with E-state index in [0.29, 0.717) is 16.5 Å². The summed E-state index contributed by atoms with van der Waals surface area (Å²) in [5.74, 6) is -1.14. The van der Waals surface area contributed by atoms with Gasteiger partial charge in [-0.2, -0.15) is 0 Å². The maximum absolute atomic E-state index is 13.9. The molecule has 1 unspecified atom stereocenters. The standard InChI is InChI=1S/C18H16ClFN2O3/c1-25-16-7-6-12(9-13(16)19)21-18(24)11-8-17(23)22(10-11)15-5-3-2-4-14(15)20/h2-7,9,11H,8,10H2,1H3,(H,21,24). The number of amides is 2. The van der Waals surface area contributed by atoms with Gasteiger partial charge in [-0.15, -0.1) is 0 Å². The summed E-state index contributed by atoms with van der Waals surface area (Å²) in [6, 6.07) is 10.9. The molecule has 1 N–H and O–H groups in total. The van der Waals surface area contributed by atoms with Crippen molar-refractivity contribution < 1.29 is 18.7 Å². The van der Waals surface area contributed by atoms with Crippen molar-refractivity contribution in [1.29, 1.82) is 0 Å². The topological polar surface area (TPSA) is 58.6 Å². The van der Waals surface area contributed by atoms with E-state index in [1.807, 2.05) is 0 Å². The first-order valence-corrected chi connectivity index (χ1v) is 8.06. The van der Waals surface area contributed by atoms with Gasteiger partial charge in [0.1, 0.15) is 11.6 Å². The van der Waals surface area contributed by atoms with Crippen LogP contribution in [0.4, 0.5) is 15.8 Å². The number of hydrogen-bond acceptors (Lipinski definition) is 3. The van der Waals surface area contributed by atoms with E-state index in [-0.39, 0.29) is 30.5 Å². The Morgan fingerprint density at radius 1 is 1.32 bits per heavy atom. The quantitative estimate of drug-likeness (QED) is 0.905. The first kappa shape index (κ1) is 17.2. The second-order valence-corrected chi connectivity index (χ2v) is 6.10. The van der Waals surface area contributed by atoms with Crippen molar-refractivity contribution in [3.05, 3.63) is 53.3 Å². The van der Waals surface area contributed by atoms with E-state index < -0.39 is 11.7 Å². The minimum atomic E-state index is -0.562. The number of carbonyl (C=O) groups excluding carboxylic acids is 2. The van der Waals surface area contributed by atoms with Crippen LogP contribution in [0.3, 0.4) is 0 Å². The number of benzene rings is 2. The summed E-state index contributed by atoms with van der Waals surface area (Å²) in [5, 5.41) is 3.10. The molecular formula is C18H16ClFN2O3. The molecule has 1 fully saturated rings. The molecule has 1 heterocycles. The number of carbonyl (C=O) groups is 2. The van der Waals surface area contributed by atoms with E-state index in [4.69, 9.17) is 16.3 Å². The predicted octanol–water partition coefficient (Wildman–Crippen LogP) is 3.48. The molecule has 5 nitrogen and oxygen atoms in total. The van der Waals surface area contributed by atoms with E-state index in [1.165, 1.54) is 24.1 Å². The fourth-order valence-corrected chi connectivity index (χ4v) is 3.03. The van der Waals surface area contributed by atoms with E-state index in [0.717, 1.165) is 0 Å². The van der Waals surface area contributed by atoms with Crippen LogP contribution in [0.15, 0.2) is 42.5 Å². The van der Waals surface area contributed by atoms with E-state index in [1.54, 1.807) is 30.3 Å². The normalized spacial score (nSPS) is 16.8. The third-order valence-corrected chi connectivity index (χ3v) is 4.35. The van der Waals surface area contributed by atoms with E-state index in [2.05, 4.69) is 5.32 Å². The molecule has 1 atom stereocenters. The molecule has 0 aliphatic carbocycles. The summed E-state index contributed by atoms with van der Waals surface area (Å²) < 4.78 is 18.9. The number of para-hydroxylation sites is 1. The Bertz CT molecular complexity index is 828. The summed E-state index contributed by atoms with van der Waals surface area (Å²) in [6.07, 6.45) is 0.0318. The van der Waals surface area contributed by atoms with Crippen molar-refractivity contribution in [3.63, 3.8) is 0 Å². The van der Waals surface area contributed by atoms with Crippen LogP contribution in [-0.2, 0) is 9.59 Å². The van der Waals surface area contributed by atoms with Crippen molar-refractivity contribution >= 4 is 34.8 Å². The lowest BCUT2D eigenvalue weighted by atomic mass is 10.1. The highest BCUT2D eigenvalue weighted by atomic mass is 35.5. The predicted molar refractivity (Wildman–Crippen MR) is 93.5 cm³/mol. The third-order valence-electron chi connectivity index (χ3n) is 4.06. The molecule has 1 aliphatic heterocycles. The Morgan fingerprint density at radius 3 is 2.76 bits per heavy atom. The number of nitrogens with zero attached hydrogens (tertiary/aromatic N) is 1. The van der Waals surface area contributed by atoms with Gasteiger partial charge < -0.3 is 15.0 Å². The van der Waals surface area contributed by atoms with Gasteiger partial charge in [0.15, 0.2) is 0 Å². The largest absolute Gasteiger partial charge is 0.495 e. The smallest absolute Gasteiger partial charge is 0.229 e. The SMILES string of the molecule is COc1ccc(NC(=O)C2CC(=O)N(c3ccccc3F)C2)cc1Cl.